The Morgan fingerprint density at radius 2 is 2.10 bits per heavy atom. The summed E-state index contributed by atoms with van der Waals surface area (Å²) >= 11 is 0. The van der Waals surface area contributed by atoms with Crippen molar-refractivity contribution in [3.63, 3.8) is 0 Å². The van der Waals surface area contributed by atoms with Crippen LogP contribution in [0.3, 0.4) is 0 Å². The summed E-state index contributed by atoms with van der Waals surface area (Å²) in [6, 6.07) is 5.13. The molecule has 1 heterocycles. The van der Waals surface area contributed by atoms with Crippen molar-refractivity contribution in [3.05, 3.63) is 47.5 Å². The first-order chi connectivity index (χ1) is 9.82. The molecule has 110 valence electrons. The zero-order valence-corrected chi connectivity index (χ0v) is 11.5. The normalized spacial score (nSPS) is 11.2. The molecule has 0 spiro atoms. The predicted molar refractivity (Wildman–Crippen MR) is 71.5 cm³/mol. The molecule has 0 aliphatic rings. The highest BCUT2D eigenvalue weighted by molar-refractivity contribution is 5.55. The first kappa shape index (κ1) is 14.9. The minimum atomic E-state index is -4.53. The molecule has 0 aliphatic carbocycles. The largest absolute Gasteiger partial charge is 0.417 e. The van der Waals surface area contributed by atoms with Crippen LogP contribution in [0.1, 0.15) is 17.0 Å². The van der Waals surface area contributed by atoms with Crippen LogP contribution in [0.25, 0.3) is 0 Å². The molecule has 1 aromatic heterocycles. The molecule has 4 nitrogen and oxygen atoms in total. The summed E-state index contributed by atoms with van der Waals surface area (Å²) in [7, 11) is 3.57. The fourth-order valence-corrected chi connectivity index (χ4v) is 1.96. The summed E-state index contributed by atoms with van der Waals surface area (Å²) < 4.78 is 40.1. The van der Waals surface area contributed by atoms with E-state index in [1.807, 2.05) is 11.6 Å². The lowest BCUT2D eigenvalue weighted by molar-refractivity contribution is -0.137. The van der Waals surface area contributed by atoms with Crippen molar-refractivity contribution in [1.29, 1.82) is 5.26 Å². The van der Waals surface area contributed by atoms with Gasteiger partial charge in [-0.25, -0.2) is 4.98 Å². The Morgan fingerprint density at radius 3 is 2.62 bits per heavy atom. The van der Waals surface area contributed by atoms with Gasteiger partial charge in [-0.3, -0.25) is 0 Å². The highest BCUT2D eigenvalue weighted by Crippen LogP contribution is 2.33. The van der Waals surface area contributed by atoms with Crippen LogP contribution in [0.4, 0.5) is 18.9 Å². The molecule has 0 radical (unpaired) electrons. The number of imidazole rings is 1. The number of halogens is 3. The molecule has 0 N–H and O–H groups in total. The number of hydrogen-bond donors (Lipinski definition) is 0. The monoisotopic (exact) mass is 294 g/mol. The fourth-order valence-electron chi connectivity index (χ4n) is 1.96. The third kappa shape index (κ3) is 3.16. The first-order valence-corrected chi connectivity index (χ1v) is 6.11. The van der Waals surface area contributed by atoms with Gasteiger partial charge in [0.25, 0.3) is 0 Å². The van der Waals surface area contributed by atoms with Crippen molar-refractivity contribution >= 4 is 5.69 Å². The summed E-state index contributed by atoms with van der Waals surface area (Å²) in [5.41, 5.74) is -0.770. The van der Waals surface area contributed by atoms with Gasteiger partial charge in [-0.1, -0.05) is 0 Å². The highest BCUT2D eigenvalue weighted by atomic mass is 19.4. The van der Waals surface area contributed by atoms with E-state index in [0.29, 0.717) is 12.2 Å². The number of aryl methyl sites for hydroxylation is 1. The van der Waals surface area contributed by atoms with E-state index < -0.39 is 11.7 Å². The van der Waals surface area contributed by atoms with Crippen molar-refractivity contribution in [2.45, 2.75) is 12.7 Å². The molecule has 0 saturated carbocycles. The topological polar surface area (TPSA) is 44.9 Å². The molecule has 0 atom stereocenters. The average molecular weight is 294 g/mol. The van der Waals surface area contributed by atoms with Gasteiger partial charge in [0, 0.05) is 32.2 Å². The first-order valence-electron chi connectivity index (χ1n) is 6.11. The molecule has 2 aromatic rings. The molecule has 0 aliphatic heterocycles. The lowest BCUT2D eigenvalue weighted by Gasteiger charge is -2.20. The van der Waals surface area contributed by atoms with Crippen LogP contribution in [0.15, 0.2) is 30.6 Å². The third-order valence-corrected chi connectivity index (χ3v) is 3.17. The molecule has 21 heavy (non-hydrogen) atoms. The molecule has 2 rings (SSSR count). The van der Waals surface area contributed by atoms with Gasteiger partial charge in [-0.2, -0.15) is 18.4 Å². The summed E-state index contributed by atoms with van der Waals surface area (Å²) in [6.45, 7) is 0.430. The number of anilines is 1. The molecular weight excluding hydrogens is 281 g/mol. The Balaban J connectivity index is 2.29. The van der Waals surface area contributed by atoms with Gasteiger partial charge in [0.1, 0.15) is 5.82 Å². The van der Waals surface area contributed by atoms with E-state index in [1.165, 1.54) is 12.1 Å². The maximum absolute atomic E-state index is 12.7. The van der Waals surface area contributed by atoms with Crippen LogP contribution in [0.5, 0.6) is 0 Å². The average Bonchev–Trinajstić information content (AvgIpc) is 2.82. The molecule has 0 unspecified atom stereocenters. The van der Waals surface area contributed by atoms with E-state index in [1.54, 1.807) is 30.4 Å². The van der Waals surface area contributed by atoms with Gasteiger partial charge in [0.2, 0.25) is 0 Å². The number of hydrogen-bond acceptors (Lipinski definition) is 3. The maximum Gasteiger partial charge on any atom is 0.417 e. The Kier molecular flexibility index (Phi) is 3.89. The van der Waals surface area contributed by atoms with Crippen molar-refractivity contribution in [1.82, 2.24) is 9.55 Å². The zero-order chi connectivity index (χ0) is 15.6. The third-order valence-electron chi connectivity index (χ3n) is 3.17. The molecular formula is C14H13F3N4. The summed E-state index contributed by atoms with van der Waals surface area (Å²) in [4.78, 5) is 5.90. The van der Waals surface area contributed by atoms with Gasteiger partial charge < -0.3 is 9.47 Å². The Hall–Kier alpha value is -2.49. The molecule has 7 heteroatoms. The van der Waals surface area contributed by atoms with Gasteiger partial charge in [-0.15, -0.1) is 0 Å². The smallest absolute Gasteiger partial charge is 0.367 e. The highest BCUT2D eigenvalue weighted by Gasteiger charge is 2.33. The van der Waals surface area contributed by atoms with Crippen LogP contribution < -0.4 is 4.90 Å². The van der Waals surface area contributed by atoms with Gasteiger partial charge in [-0.05, 0) is 18.2 Å². The summed E-state index contributed by atoms with van der Waals surface area (Å²) in [5.74, 6) is 0.774. The molecule has 0 fully saturated rings. The van der Waals surface area contributed by atoms with E-state index >= 15 is 0 Å². The number of nitrogens with zero attached hydrogens (tertiary/aromatic N) is 4. The molecule has 0 bridgehead atoms. The van der Waals surface area contributed by atoms with Crippen LogP contribution in [-0.2, 0) is 19.8 Å². The summed E-state index contributed by atoms with van der Waals surface area (Å²) in [5, 5.41) is 8.90. The van der Waals surface area contributed by atoms with E-state index in [0.717, 1.165) is 11.9 Å². The van der Waals surface area contributed by atoms with Gasteiger partial charge >= 0.3 is 6.18 Å². The lowest BCUT2D eigenvalue weighted by Crippen LogP contribution is -2.19. The second-order valence-electron chi connectivity index (χ2n) is 4.65. The Labute approximate surface area is 120 Å². The van der Waals surface area contributed by atoms with E-state index in [2.05, 4.69) is 4.98 Å². The van der Waals surface area contributed by atoms with Gasteiger partial charge in [0.15, 0.2) is 0 Å². The van der Waals surface area contributed by atoms with Gasteiger partial charge in [0.05, 0.1) is 23.7 Å². The van der Waals surface area contributed by atoms with Crippen LogP contribution in [0, 0.1) is 11.3 Å². The van der Waals surface area contributed by atoms with E-state index in [4.69, 9.17) is 5.26 Å². The molecule has 0 saturated heterocycles. The van der Waals surface area contributed by atoms with Crippen LogP contribution in [-0.4, -0.2) is 16.6 Å². The van der Waals surface area contributed by atoms with Crippen molar-refractivity contribution in [2.75, 3.05) is 11.9 Å². The Bertz CT molecular complexity index is 682. The number of rotatable bonds is 3. The second-order valence-corrected chi connectivity index (χ2v) is 4.65. The van der Waals surface area contributed by atoms with E-state index in [9.17, 15) is 13.2 Å². The van der Waals surface area contributed by atoms with Crippen molar-refractivity contribution in [3.8, 4) is 6.07 Å². The fraction of sp³-hybridized carbons (Fsp3) is 0.286. The maximum atomic E-state index is 12.7. The second kappa shape index (κ2) is 5.48. The quantitative estimate of drug-likeness (QED) is 0.874. The molecule has 1 aromatic carbocycles. The van der Waals surface area contributed by atoms with Crippen LogP contribution >= 0.6 is 0 Å². The predicted octanol–water partition coefficient (Wildman–Crippen LogP) is 2.95. The summed E-state index contributed by atoms with van der Waals surface area (Å²) in [6.07, 6.45) is -1.09. The Morgan fingerprint density at radius 1 is 1.38 bits per heavy atom. The zero-order valence-electron chi connectivity index (χ0n) is 11.5. The number of alkyl halides is 3. The number of nitriles is 1. The number of aromatic nitrogens is 2. The minimum Gasteiger partial charge on any atom is -0.367 e. The lowest BCUT2D eigenvalue weighted by atomic mass is 10.1. The van der Waals surface area contributed by atoms with E-state index in [-0.39, 0.29) is 5.56 Å². The van der Waals surface area contributed by atoms with Crippen LogP contribution in [0.2, 0.25) is 0 Å². The SMILES string of the molecule is CN(Cc1nccn1C)c1ccc(C(F)(F)F)c(C#N)c1. The van der Waals surface area contributed by atoms with Crippen molar-refractivity contribution in [2.24, 2.45) is 7.05 Å². The number of benzene rings is 1. The molecule has 0 amide bonds. The standard InChI is InChI=1S/C14H13F3N4/c1-20-6-5-19-13(20)9-21(2)11-3-4-12(14(15,16)17)10(7-11)8-18/h3-7H,9H2,1-2H3. The van der Waals surface area contributed by atoms with Crippen molar-refractivity contribution < 1.29 is 13.2 Å². The minimum absolute atomic E-state index is 0.383.